The fraction of sp³-hybridized carbons (Fsp3) is 0.900. The van der Waals surface area contributed by atoms with E-state index in [1.807, 2.05) is 0 Å². The van der Waals surface area contributed by atoms with Gasteiger partial charge in [-0.05, 0) is 91.6 Å². The van der Waals surface area contributed by atoms with Crippen molar-refractivity contribution in [3.05, 3.63) is 12.2 Å². The minimum atomic E-state index is -0.536. The maximum Gasteiger partial charge on any atom is 0.0860 e. The molecule has 4 aliphatic rings. The molecule has 3 N–H and O–H groups in total. The molecular formula is C20H33NO. The van der Waals surface area contributed by atoms with Gasteiger partial charge in [0, 0.05) is 0 Å². The van der Waals surface area contributed by atoms with E-state index in [1.54, 1.807) is 0 Å². The van der Waals surface area contributed by atoms with Crippen molar-refractivity contribution < 1.29 is 5.11 Å². The highest BCUT2D eigenvalue weighted by molar-refractivity contribution is 5.29. The minimum absolute atomic E-state index is 0.331. The van der Waals surface area contributed by atoms with Crippen LogP contribution in [-0.4, -0.2) is 17.3 Å². The Labute approximate surface area is 135 Å². The Morgan fingerprint density at radius 1 is 1.14 bits per heavy atom. The molecule has 0 aliphatic heterocycles. The van der Waals surface area contributed by atoms with E-state index in [-0.39, 0.29) is 0 Å². The highest BCUT2D eigenvalue weighted by Gasteiger charge is 2.66. The van der Waals surface area contributed by atoms with E-state index in [9.17, 15) is 5.11 Å². The van der Waals surface area contributed by atoms with Crippen LogP contribution in [0.25, 0.3) is 0 Å². The molecule has 0 radical (unpaired) electrons. The molecule has 22 heavy (non-hydrogen) atoms. The number of rotatable bonds is 1. The molecule has 124 valence electrons. The maximum atomic E-state index is 10.9. The molecule has 2 bridgehead atoms. The second-order valence-electron chi connectivity index (χ2n) is 9.75. The first-order valence-electron chi connectivity index (χ1n) is 9.39. The van der Waals surface area contributed by atoms with Crippen molar-refractivity contribution in [3.63, 3.8) is 0 Å². The fourth-order valence-electron chi connectivity index (χ4n) is 7.73. The van der Waals surface area contributed by atoms with Crippen molar-refractivity contribution >= 4 is 0 Å². The largest absolute Gasteiger partial charge is 0.386 e. The molecule has 0 saturated heterocycles. The predicted octanol–water partition coefficient (Wildman–Crippen LogP) is 4.03. The highest BCUT2D eigenvalue weighted by Crippen LogP contribution is 2.72. The second-order valence-corrected chi connectivity index (χ2v) is 9.75. The van der Waals surface area contributed by atoms with Gasteiger partial charge in [-0.3, -0.25) is 0 Å². The lowest BCUT2D eigenvalue weighted by molar-refractivity contribution is -0.161. The van der Waals surface area contributed by atoms with Gasteiger partial charge in [0.2, 0.25) is 0 Å². The summed E-state index contributed by atoms with van der Waals surface area (Å²) in [5, 5.41) is 10.9. The molecule has 4 aliphatic carbocycles. The summed E-state index contributed by atoms with van der Waals surface area (Å²) in [6.45, 7) is 10.1. The average Bonchev–Trinajstić information content (AvgIpc) is 2.64. The lowest BCUT2D eigenvalue weighted by Gasteiger charge is -2.64. The smallest absolute Gasteiger partial charge is 0.0860 e. The number of fused-ring (bicyclic) bond motifs is 3. The standard InChI is InChI=1S/C20H33NO/c1-14-11-19-9-5-15-17(2,13-21)7-4-8-18(15,3)16(19)6-10-20(14,22)12-19/h15-16,22H,1,4-13,21H2,2-3H3/t15-,16+,17+,18-,19-,20+/m1/s1. The summed E-state index contributed by atoms with van der Waals surface area (Å²) in [4.78, 5) is 0. The Hall–Kier alpha value is -0.340. The summed E-state index contributed by atoms with van der Waals surface area (Å²) >= 11 is 0. The van der Waals surface area contributed by atoms with Crippen LogP contribution in [0.15, 0.2) is 12.2 Å². The Morgan fingerprint density at radius 2 is 1.86 bits per heavy atom. The van der Waals surface area contributed by atoms with Crippen molar-refractivity contribution in [2.45, 2.75) is 77.2 Å². The highest BCUT2D eigenvalue weighted by atomic mass is 16.3. The molecule has 0 aromatic heterocycles. The first-order chi connectivity index (χ1) is 10.3. The van der Waals surface area contributed by atoms with Gasteiger partial charge < -0.3 is 10.8 Å². The number of aliphatic hydroxyl groups is 1. The Bertz CT molecular complexity index is 516. The predicted molar refractivity (Wildman–Crippen MR) is 90.3 cm³/mol. The molecule has 2 nitrogen and oxygen atoms in total. The zero-order valence-corrected chi connectivity index (χ0v) is 14.5. The zero-order chi connectivity index (χ0) is 15.8. The van der Waals surface area contributed by atoms with Gasteiger partial charge in [-0.2, -0.15) is 0 Å². The van der Waals surface area contributed by atoms with Gasteiger partial charge in [-0.1, -0.05) is 26.8 Å². The van der Waals surface area contributed by atoms with Crippen LogP contribution in [-0.2, 0) is 0 Å². The molecule has 4 rings (SSSR count). The van der Waals surface area contributed by atoms with E-state index >= 15 is 0 Å². The van der Waals surface area contributed by atoms with Gasteiger partial charge in [0.25, 0.3) is 0 Å². The lowest BCUT2D eigenvalue weighted by Crippen LogP contribution is -2.58. The van der Waals surface area contributed by atoms with Crippen molar-refractivity contribution in [2.24, 2.45) is 33.8 Å². The van der Waals surface area contributed by atoms with Crippen LogP contribution in [0.2, 0.25) is 0 Å². The number of nitrogens with two attached hydrogens (primary N) is 1. The molecular weight excluding hydrogens is 270 g/mol. The van der Waals surface area contributed by atoms with Gasteiger partial charge in [0.15, 0.2) is 0 Å². The monoisotopic (exact) mass is 303 g/mol. The first kappa shape index (κ1) is 15.2. The van der Waals surface area contributed by atoms with Crippen molar-refractivity contribution in [1.29, 1.82) is 0 Å². The van der Waals surface area contributed by atoms with E-state index in [2.05, 4.69) is 20.4 Å². The summed E-state index contributed by atoms with van der Waals surface area (Å²) in [5.74, 6) is 1.54. The molecule has 1 spiro atoms. The third-order valence-corrected chi connectivity index (χ3v) is 8.75. The summed E-state index contributed by atoms with van der Waals surface area (Å²) in [7, 11) is 0. The summed E-state index contributed by atoms with van der Waals surface area (Å²) in [6, 6.07) is 0. The van der Waals surface area contributed by atoms with Crippen LogP contribution < -0.4 is 5.73 Å². The van der Waals surface area contributed by atoms with Crippen LogP contribution in [0.4, 0.5) is 0 Å². The maximum absolute atomic E-state index is 10.9. The molecule has 0 amide bonds. The second kappa shape index (κ2) is 4.39. The van der Waals surface area contributed by atoms with Crippen molar-refractivity contribution in [2.75, 3.05) is 6.54 Å². The minimum Gasteiger partial charge on any atom is -0.386 e. The van der Waals surface area contributed by atoms with Gasteiger partial charge in [0.1, 0.15) is 0 Å². The quantitative estimate of drug-likeness (QED) is 0.718. The topological polar surface area (TPSA) is 46.2 Å². The number of hydrogen-bond donors (Lipinski definition) is 2. The van der Waals surface area contributed by atoms with Crippen LogP contribution >= 0.6 is 0 Å². The molecule has 0 heterocycles. The van der Waals surface area contributed by atoms with E-state index in [4.69, 9.17) is 5.73 Å². The van der Waals surface area contributed by atoms with Gasteiger partial charge in [-0.25, -0.2) is 0 Å². The Morgan fingerprint density at radius 3 is 2.59 bits per heavy atom. The normalized spacial score (nSPS) is 57.4. The summed E-state index contributed by atoms with van der Waals surface area (Å²) in [5.41, 5.74) is 7.94. The lowest BCUT2D eigenvalue weighted by atomic mass is 9.41. The third kappa shape index (κ3) is 1.69. The van der Waals surface area contributed by atoms with E-state index in [0.717, 1.165) is 43.2 Å². The molecule has 0 aromatic carbocycles. The first-order valence-corrected chi connectivity index (χ1v) is 9.39. The van der Waals surface area contributed by atoms with E-state index < -0.39 is 5.60 Å². The van der Waals surface area contributed by atoms with Crippen molar-refractivity contribution in [1.82, 2.24) is 0 Å². The molecule has 0 aromatic rings. The van der Waals surface area contributed by atoms with Crippen molar-refractivity contribution in [3.8, 4) is 0 Å². The fourth-order valence-corrected chi connectivity index (χ4v) is 7.73. The van der Waals surface area contributed by atoms with Gasteiger partial charge in [-0.15, -0.1) is 0 Å². The van der Waals surface area contributed by atoms with Crippen LogP contribution in [0.1, 0.15) is 71.6 Å². The van der Waals surface area contributed by atoms with Gasteiger partial charge in [0.05, 0.1) is 5.60 Å². The SMILES string of the molecule is C=C1C[C@@]23CC[C@@H]4[C@](C)(CN)CCC[C@@]4(C)[C@@H]2CC[C@]1(O)C3. The molecule has 4 saturated carbocycles. The number of hydrogen-bond acceptors (Lipinski definition) is 2. The average molecular weight is 303 g/mol. The molecule has 0 unspecified atom stereocenters. The summed E-state index contributed by atoms with van der Waals surface area (Å²) < 4.78 is 0. The Balaban J connectivity index is 1.74. The zero-order valence-electron chi connectivity index (χ0n) is 14.5. The van der Waals surface area contributed by atoms with Crippen LogP contribution in [0, 0.1) is 28.1 Å². The molecule has 6 atom stereocenters. The van der Waals surface area contributed by atoms with Crippen LogP contribution in [0.3, 0.4) is 0 Å². The van der Waals surface area contributed by atoms with Gasteiger partial charge >= 0.3 is 0 Å². The van der Waals surface area contributed by atoms with E-state index in [1.165, 1.54) is 38.5 Å². The molecule has 4 fully saturated rings. The van der Waals surface area contributed by atoms with E-state index in [0.29, 0.717) is 16.2 Å². The summed E-state index contributed by atoms with van der Waals surface area (Å²) in [6.07, 6.45) is 10.8. The van der Waals surface area contributed by atoms with Crippen LogP contribution in [0.5, 0.6) is 0 Å². The molecule has 2 heteroatoms. The Kier molecular flexibility index (Phi) is 3.03. The third-order valence-electron chi connectivity index (χ3n) is 8.75.